The molecule has 1 aliphatic carbocycles. The van der Waals surface area contributed by atoms with Crippen molar-refractivity contribution in [3.05, 3.63) is 29.8 Å². The molecule has 1 aromatic rings. The van der Waals surface area contributed by atoms with E-state index in [4.69, 9.17) is 0 Å². The summed E-state index contributed by atoms with van der Waals surface area (Å²) >= 11 is 0. The number of para-hydroxylation sites is 1. The molecule has 0 aromatic heterocycles. The first-order valence-electron chi connectivity index (χ1n) is 5.90. The molecule has 1 saturated carbocycles. The number of rotatable bonds is 4. The first kappa shape index (κ1) is 12.4. The fourth-order valence-corrected chi connectivity index (χ4v) is 1.65. The summed E-state index contributed by atoms with van der Waals surface area (Å²) < 4.78 is 0. The van der Waals surface area contributed by atoms with Crippen LogP contribution in [0.2, 0.25) is 0 Å². The lowest BCUT2D eigenvalue weighted by Crippen LogP contribution is -2.39. The largest absolute Gasteiger partial charge is 0.507 e. The van der Waals surface area contributed by atoms with Crippen molar-refractivity contribution in [3.8, 4) is 5.75 Å². The number of phenols is 1. The van der Waals surface area contributed by atoms with Gasteiger partial charge in [-0.15, -0.1) is 0 Å². The zero-order chi connectivity index (χ0) is 13.1. The van der Waals surface area contributed by atoms with Gasteiger partial charge in [-0.25, -0.2) is 0 Å². The summed E-state index contributed by atoms with van der Waals surface area (Å²) in [6.07, 6.45) is 2.03. The van der Waals surface area contributed by atoms with Gasteiger partial charge in [-0.05, 0) is 25.0 Å². The van der Waals surface area contributed by atoms with Crippen LogP contribution in [-0.2, 0) is 4.79 Å². The fraction of sp³-hybridized carbons (Fsp3) is 0.385. The van der Waals surface area contributed by atoms with Crippen LogP contribution in [0.25, 0.3) is 0 Å². The number of carbonyl (C=O) groups is 2. The predicted octanol–water partition coefficient (Wildman–Crippen LogP) is 0.743. The van der Waals surface area contributed by atoms with Crippen molar-refractivity contribution in [1.29, 1.82) is 0 Å². The molecule has 2 N–H and O–H groups in total. The number of carbonyl (C=O) groups excluding carboxylic acids is 2. The zero-order valence-electron chi connectivity index (χ0n) is 10.2. The molecular weight excluding hydrogens is 232 g/mol. The summed E-state index contributed by atoms with van der Waals surface area (Å²) in [6, 6.07) is 6.58. The van der Waals surface area contributed by atoms with Gasteiger partial charge in [-0.2, -0.15) is 0 Å². The highest BCUT2D eigenvalue weighted by Gasteiger charge is 2.24. The van der Waals surface area contributed by atoms with Gasteiger partial charge in [0.1, 0.15) is 5.75 Å². The average molecular weight is 248 g/mol. The number of nitrogens with zero attached hydrogens (tertiary/aromatic N) is 1. The Hall–Kier alpha value is -2.04. The highest BCUT2D eigenvalue weighted by Crippen LogP contribution is 2.19. The fourth-order valence-electron chi connectivity index (χ4n) is 1.65. The maximum Gasteiger partial charge on any atom is 0.257 e. The molecule has 5 heteroatoms. The monoisotopic (exact) mass is 248 g/mol. The number of likely N-dealkylation sites (N-methyl/N-ethyl adjacent to an activating group) is 1. The van der Waals surface area contributed by atoms with E-state index >= 15 is 0 Å². The van der Waals surface area contributed by atoms with Gasteiger partial charge in [0, 0.05) is 13.1 Å². The maximum atomic E-state index is 12.0. The molecule has 0 radical (unpaired) electrons. The Kier molecular flexibility index (Phi) is 3.50. The minimum Gasteiger partial charge on any atom is -0.507 e. The van der Waals surface area contributed by atoms with E-state index < -0.39 is 0 Å². The Labute approximate surface area is 105 Å². The summed E-state index contributed by atoms with van der Waals surface area (Å²) in [6.45, 7) is 0.00364. The molecule has 1 fully saturated rings. The highest BCUT2D eigenvalue weighted by atomic mass is 16.3. The molecule has 96 valence electrons. The van der Waals surface area contributed by atoms with Crippen molar-refractivity contribution in [2.45, 2.75) is 18.9 Å². The van der Waals surface area contributed by atoms with E-state index in [1.165, 1.54) is 17.0 Å². The number of benzene rings is 1. The summed E-state index contributed by atoms with van der Waals surface area (Å²) in [5.41, 5.74) is 0.208. The number of amides is 2. The molecule has 0 spiro atoms. The van der Waals surface area contributed by atoms with Crippen molar-refractivity contribution >= 4 is 11.8 Å². The van der Waals surface area contributed by atoms with Crippen molar-refractivity contribution in [2.75, 3.05) is 13.6 Å². The summed E-state index contributed by atoms with van der Waals surface area (Å²) in [4.78, 5) is 24.8. The Morgan fingerprint density at radius 1 is 1.39 bits per heavy atom. The molecule has 0 bridgehead atoms. The van der Waals surface area contributed by atoms with Crippen molar-refractivity contribution in [3.63, 3.8) is 0 Å². The van der Waals surface area contributed by atoms with Crippen molar-refractivity contribution < 1.29 is 14.7 Å². The lowest BCUT2D eigenvalue weighted by molar-refractivity contribution is -0.121. The van der Waals surface area contributed by atoms with Crippen LogP contribution in [0.15, 0.2) is 24.3 Å². The topological polar surface area (TPSA) is 69.6 Å². The highest BCUT2D eigenvalue weighted by molar-refractivity contribution is 5.98. The number of phenolic OH excluding ortho intramolecular Hbond substituents is 1. The number of aromatic hydroxyl groups is 1. The molecule has 5 nitrogen and oxygen atoms in total. The third-order valence-electron chi connectivity index (χ3n) is 2.80. The quantitative estimate of drug-likeness (QED) is 0.825. The van der Waals surface area contributed by atoms with Gasteiger partial charge in [0.2, 0.25) is 5.91 Å². The second-order valence-electron chi connectivity index (χ2n) is 4.52. The Bertz CT molecular complexity index is 469. The Morgan fingerprint density at radius 3 is 2.67 bits per heavy atom. The first-order valence-corrected chi connectivity index (χ1v) is 5.90. The summed E-state index contributed by atoms with van der Waals surface area (Å²) in [5.74, 6) is -0.597. The van der Waals surface area contributed by atoms with Gasteiger partial charge in [0.05, 0.1) is 12.1 Å². The van der Waals surface area contributed by atoms with Crippen LogP contribution in [0.5, 0.6) is 5.75 Å². The molecule has 2 amide bonds. The molecular formula is C13H16N2O3. The first-order chi connectivity index (χ1) is 8.58. The Balaban J connectivity index is 1.95. The SMILES string of the molecule is CN(CC(=O)NC1CC1)C(=O)c1ccccc1O. The molecule has 0 atom stereocenters. The number of hydrogen-bond acceptors (Lipinski definition) is 3. The van der Waals surface area contributed by atoms with Crippen LogP contribution in [0, 0.1) is 0 Å². The van der Waals surface area contributed by atoms with E-state index in [0.717, 1.165) is 12.8 Å². The van der Waals surface area contributed by atoms with Gasteiger partial charge in [-0.1, -0.05) is 12.1 Å². The summed E-state index contributed by atoms with van der Waals surface area (Å²) in [5, 5.41) is 12.4. The summed E-state index contributed by atoms with van der Waals surface area (Å²) in [7, 11) is 1.54. The normalized spacial score (nSPS) is 14.1. The van der Waals surface area contributed by atoms with Gasteiger partial charge >= 0.3 is 0 Å². The van der Waals surface area contributed by atoms with Crippen LogP contribution in [-0.4, -0.2) is 41.5 Å². The van der Waals surface area contributed by atoms with Crippen molar-refractivity contribution in [1.82, 2.24) is 10.2 Å². The van der Waals surface area contributed by atoms with E-state index in [1.807, 2.05) is 0 Å². The van der Waals surface area contributed by atoms with E-state index in [1.54, 1.807) is 19.2 Å². The molecule has 0 aliphatic heterocycles. The van der Waals surface area contributed by atoms with Gasteiger partial charge in [0.15, 0.2) is 0 Å². The smallest absolute Gasteiger partial charge is 0.257 e. The van der Waals surface area contributed by atoms with E-state index in [-0.39, 0.29) is 35.7 Å². The molecule has 0 heterocycles. The second-order valence-corrected chi connectivity index (χ2v) is 4.52. The van der Waals surface area contributed by atoms with Gasteiger partial charge < -0.3 is 15.3 Å². The van der Waals surface area contributed by atoms with E-state index in [0.29, 0.717) is 0 Å². The lowest BCUT2D eigenvalue weighted by Gasteiger charge is -2.17. The van der Waals surface area contributed by atoms with Crippen LogP contribution in [0.4, 0.5) is 0 Å². The minimum atomic E-state index is -0.362. The molecule has 2 rings (SSSR count). The van der Waals surface area contributed by atoms with E-state index in [2.05, 4.69) is 5.32 Å². The third kappa shape index (κ3) is 3.00. The van der Waals surface area contributed by atoms with E-state index in [9.17, 15) is 14.7 Å². The number of hydrogen-bond donors (Lipinski definition) is 2. The van der Waals surface area contributed by atoms with Crippen LogP contribution in [0.1, 0.15) is 23.2 Å². The third-order valence-corrected chi connectivity index (χ3v) is 2.80. The zero-order valence-corrected chi connectivity index (χ0v) is 10.2. The van der Waals surface area contributed by atoms with Crippen LogP contribution >= 0.6 is 0 Å². The molecule has 1 aliphatic rings. The molecule has 1 aromatic carbocycles. The lowest BCUT2D eigenvalue weighted by atomic mass is 10.2. The van der Waals surface area contributed by atoms with Crippen LogP contribution in [0.3, 0.4) is 0 Å². The predicted molar refractivity (Wildman–Crippen MR) is 66.2 cm³/mol. The average Bonchev–Trinajstić information content (AvgIpc) is 3.12. The molecule has 0 saturated heterocycles. The van der Waals surface area contributed by atoms with Crippen molar-refractivity contribution in [2.24, 2.45) is 0 Å². The standard InChI is InChI=1S/C13H16N2O3/c1-15(8-12(17)14-9-6-7-9)13(18)10-4-2-3-5-11(10)16/h2-5,9,16H,6-8H2,1H3,(H,14,17). The van der Waals surface area contributed by atoms with Gasteiger partial charge in [-0.3, -0.25) is 9.59 Å². The Morgan fingerprint density at radius 2 is 2.06 bits per heavy atom. The van der Waals surface area contributed by atoms with Gasteiger partial charge in [0.25, 0.3) is 5.91 Å². The number of nitrogens with one attached hydrogen (secondary N) is 1. The maximum absolute atomic E-state index is 12.0. The minimum absolute atomic E-state index is 0.00364. The molecule has 18 heavy (non-hydrogen) atoms. The second kappa shape index (κ2) is 5.08. The molecule has 0 unspecified atom stereocenters. The van der Waals surface area contributed by atoms with Crippen LogP contribution < -0.4 is 5.32 Å².